The zero-order chi connectivity index (χ0) is 15.6. The average molecular weight is 424 g/mol. The molecule has 0 heterocycles. The molecular formula is C13H11F2IN2O2S. The maximum atomic E-state index is 13.7. The highest BCUT2D eigenvalue weighted by atomic mass is 127. The van der Waals surface area contributed by atoms with E-state index in [0.717, 1.165) is 15.7 Å². The molecular weight excluding hydrogens is 413 g/mol. The van der Waals surface area contributed by atoms with Crippen molar-refractivity contribution in [1.29, 1.82) is 0 Å². The van der Waals surface area contributed by atoms with Crippen LogP contribution in [0, 0.1) is 15.2 Å². The Morgan fingerprint density at radius 2 is 1.76 bits per heavy atom. The van der Waals surface area contributed by atoms with Gasteiger partial charge in [0.2, 0.25) is 0 Å². The third-order valence-electron chi connectivity index (χ3n) is 2.68. The van der Waals surface area contributed by atoms with Gasteiger partial charge >= 0.3 is 0 Å². The lowest BCUT2D eigenvalue weighted by Gasteiger charge is -2.10. The minimum Gasteiger partial charge on any atom is -0.326 e. The van der Waals surface area contributed by atoms with Gasteiger partial charge in [-0.2, -0.15) is 0 Å². The van der Waals surface area contributed by atoms with Gasteiger partial charge in [0.15, 0.2) is 11.6 Å². The summed E-state index contributed by atoms with van der Waals surface area (Å²) in [6.07, 6.45) is 0. The molecule has 3 N–H and O–H groups in total. The van der Waals surface area contributed by atoms with Crippen molar-refractivity contribution in [3.63, 3.8) is 0 Å². The van der Waals surface area contributed by atoms with Gasteiger partial charge in [-0.15, -0.1) is 0 Å². The molecule has 0 atom stereocenters. The highest BCUT2D eigenvalue weighted by Gasteiger charge is 2.23. The van der Waals surface area contributed by atoms with Crippen molar-refractivity contribution in [2.45, 2.75) is 11.4 Å². The largest absolute Gasteiger partial charge is 0.326 e. The van der Waals surface area contributed by atoms with Crippen molar-refractivity contribution in [2.24, 2.45) is 5.73 Å². The number of sulfonamides is 1. The minimum absolute atomic E-state index is 0.0940. The molecule has 0 bridgehead atoms. The number of rotatable bonds is 4. The van der Waals surface area contributed by atoms with Crippen LogP contribution in [-0.2, 0) is 16.6 Å². The van der Waals surface area contributed by atoms with E-state index in [1.54, 1.807) is 12.1 Å². The molecule has 0 radical (unpaired) electrons. The van der Waals surface area contributed by atoms with Crippen LogP contribution in [0.25, 0.3) is 0 Å². The molecule has 2 rings (SSSR count). The molecule has 0 spiro atoms. The molecule has 0 amide bonds. The highest BCUT2D eigenvalue weighted by Crippen LogP contribution is 2.23. The van der Waals surface area contributed by atoms with E-state index < -0.39 is 26.6 Å². The van der Waals surface area contributed by atoms with Crippen LogP contribution < -0.4 is 10.5 Å². The predicted molar refractivity (Wildman–Crippen MR) is 84.2 cm³/mol. The number of anilines is 1. The van der Waals surface area contributed by atoms with Gasteiger partial charge in [-0.1, -0.05) is 0 Å². The van der Waals surface area contributed by atoms with Crippen molar-refractivity contribution in [3.8, 4) is 0 Å². The highest BCUT2D eigenvalue weighted by molar-refractivity contribution is 14.1. The monoisotopic (exact) mass is 424 g/mol. The first kappa shape index (κ1) is 16.1. The molecule has 0 aliphatic carbocycles. The SMILES string of the molecule is NCc1cc(F)c(F)c(S(=O)(=O)Nc2ccc(I)cc2)c1. The normalized spacial score (nSPS) is 11.4. The molecule has 21 heavy (non-hydrogen) atoms. The van der Waals surface area contributed by atoms with Gasteiger partial charge in [-0.05, 0) is 64.6 Å². The second kappa shape index (κ2) is 6.24. The van der Waals surface area contributed by atoms with Crippen LogP contribution >= 0.6 is 22.6 Å². The number of hydrogen-bond donors (Lipinski definition) is 2. The van der Waals surface area contributed by atoms with Crippen LogP contribution in [-0.4, -0.2) is 8.42 Å². The van der Waals surface area contributed by atoms with Crippen LogP contribution in [0.1, 0.15) is 5.56 Å². The van der Waals surface area contributed by atoms with Crippen LogP contribution in [0.5, 0.6) is 0 Å². The predicted octanol–water partition coefficient (Wildman–Crippen LogP) is 2.83. The Balaban J connectivity index is 2.44. The fourth-order valence-electron chi connectivity index (χ4n) is 1.66. The number of benzene rings is 2. The molecule has 0 aromatic heterocycles. The lowest BCUT2D eigenvalue weighted by Crippen LogP contribution is -2.16. The Kier molecular flexibility index (Phi) is 4.79. The Bertz CT molecular complexity index is 764. The van der Waals surface area contributed by atoms with Crippen molar-refractivity contribution < 1.29 is 17.2 Å². The zero-order valence-corrected chi connectivity index (χ0v) is 13.6. The number of hydrogen-bond acceptors (Lipinski definition) is 3. The fourth-order valence-corrected chi connectivity index (χ4v) is 3.21. The van der Waals surface area contributed by atoms with Gasteiger partial charge in [0.25, 0.3) is 10.0 Å². The smallest absolute Gasteiger partial charge is 0.264 e. The molecule has 0 aliphatic rings. The van der Waals surface area contributed by atoms with Gasteiger partial charge in [0.05, 0.1) is 0 Å². The van der Waals surface area contributed by atoms with Gasteiger partial charge in [-0.25, -0.2) is 17.2 Å². The summed E-state index contributed by atoms with van der Waals surface area (Å²) in [6, 6.07) is 8.32. The summed E-state index contributed by atoms with van der Waals surface area (Å²) in [5.41, 5.74) is 5.79. The van der Waals surface area contributed by atoms with Crippen molar-refractivity contribution in [2.75, 3.05) is 4.72 Å². The standard InChI is InChI=1S/C13H11F2IN2O2S/c14-11-5-8(7-17)6-12(13(11)15)21(19,20)18-10-3-1-9(16)2-4-10/h1-6,18H,7,17H2. The second-order valence-corrected chi connectivity index (χ2v) is 7.10. The van der Waals surface area contributed by atoms with E-state index in [9.17, 15) is 17.2 Å². The second-order valence-electron chi connectivity index (χ2n) is 4.21. The molecule has 0 unspecified atom stereocenters. The summed E-state index contributed by atoms with van der Waals surface area (Å²) >= 11 is 2.06. The van der Waals surface area contributed by atoms with Crippen LogP contribution in [0.3, 0.4) is 0 Å². The maximum Gasteiger partial charge on any atom is 0.264 e. The topological polar surface area (TPSA) is 72.2 Å². The molecule has 0 aliphatic heterocycles. The van der Waals surface area contributed by atoms with E-state index in [4.69, 9.17) is 5.73 Å². The van der Waals surface area contributed by atoms with Crippen molar-refractivity contribution >= 4 is 38.3 Å². The van der Waals surface area contributed by atoms with Crippen LogP contribution in [0.15, 0.2) is 41.3 Å². The Hall–Kier alpha value is -1.26. The molecule has 0 saturated heterocycles. The summed E-state index contributed by atoms with van der Waals surface area (Å²) in [5.74, 6) is -2.67. The maximum absolute atomic E-state index is 13.7. The van der Waals surface area contributed by atoms with E-state index in [1.165, 1.54) is 12.1 Å². The van der Waals surface area contributed by atoms with Gasteiger partial charge in [0.1, 0.15) is 4.90 Å². The summed E-state index contributed by atoms with van der Waals surface area (Å²) in [4.78, 5) is -0.762. The number of nitrogens with two attached hydrogens (primary N) is 1. The molecule has 112 valence electrons. The van der Waals surface area contributed by atoms with E-state index >= 15 is 0 Å². The summed E-state index contributed by atoms with van der Waals surface area (Å²) < 4.78 is 54.6. The van der Waals surface area contributed by atoms with Gasteiger partial charge in [-0.3, -0.25) is 4.72 Å². The van der Waals surface area contributed by atoms with Crippen molar-refractivity contribution in [1.82, 2.24) is 0 Å². The summed E-state index contributed by atoms with van der Waals surface area (Å²) in [6.45, 7) is -0.0940. The van der Waals surface area contributed by atoms with E-state index in [2.05, 4.69) is 27.3 Å². The first-order valence-corrected chi connectivity index (χ1v) is 8.36. The van der Waals surface area contributed by atoms with Crippen LogP contribution in [0.2, 0.25) is 0 Å². The van der Waals surface area contributed by atoms with Gasteiger partial charge < -0.3 is 5.73 Å². The van der Waals surface area contributed by atoms with E-state index in [1.807, 2.05) is 0 Å². The Morgan fingerprint density at radius 3 is 2.33 bits per heavy atom. The first-order valence-electron chi connectivity index (χ1n) is 5.80. The molecule has 8 heteroatoms. The van der Waals surface area contributed by atoms with Gasteiger partial charge in [0, 0.05) is 15.8 Å². The summed E-state index contributed by atoms with van der Waals surface area (Å²) in [5, 5.41) is 0. The van der Waals surface area contributed by atoms with E-state index in [0.29, 0.717) is 0 Å². The molecule has 0 saturated carbocycles. The third-order valence-corrected chi connectivity index (χ3v) is 4.78. The molecule has 4 nitrogen and oxygen atoms in total. The quantitative estimate of drug-likeness (QED) is 0.742. The lowest BCUT2D eigenvalue weighted by molar-refractivity contribution is 0.483. The third kappa shape index (κ3) is 3.69. The van der Waals surface area contributed by atoms with E-state index in [-0.39, 0.29) is 17.8 Å². The number of halogens is 3. The fraction of sp³-hybridized carbons (Fsp3) is 0.0769. The Labute approximate surface area is 134 Å². The lowest BCUT2D eigenvalue weighted by atomic mass is 10.2. The average Bonchev–Trinajstić information content (AvgIpc) is 2.43. The van der Waals surface area contributed by atoms with Crippen molar-refractivity contribution in [3.05, 3.63) is 57.2 Å². The molecule has 0 fully saturated rings. The molecule has 2 aromatic rings. The first-order chi connectivity index (χ1) is 9.83. The number of nitrogens with one attached hydrogen (secondary N) is 1. The Morgan fingerprint density at radius 1 is 1.14 bits per heavy atom. The minimum atomic E-state index is -4.23. The zero-order valence-electron chi connectivity index (χ0n) is 10.6. The molecule has 2 aromatic carbocycles. The summed E-state index contributed by atoms with van der Waals surface area (Å²) in [7, 11) is -4.23. The van der Waals surface area contributed by atoms with Crippen LogP contribution in [0.4, 0.5) is 14.5 Å².